The summed E-state index contributed by atoms with van der Waals surface area (Å²) < 4.78 is 45.4. The van der Waals surface area contributed by atoms with Crippen molar-refractivity contribution in [1.82, 2.24) is 0 Å². The highest BCUT2D eigenvalue weighted by Crippen LogP contribution is 2.36. The molecular weight excluding hydrogens is 339 g/mol. The van der Waals surface area contributed by atoms with Crippen LogP contribution >= 0.6 is 0 Å². The van der Waals surface area contributed by atoms with E-state index >= 15 is 0 Å². The molecule has 2 aromatic carbocycles. The van der Waals surface area contributed by atoms with Crippen LogP contribution < -0.4 is 4.74 Å². The molecule has 0 aliphatic carbocycles. The Bertz CT molecular complexity index is 735. The van der Waals surface area contributed by atoms with E-state index in [4.69, 9.17) is 10.00 Å². The molecule has 0 aromatic heterocycles. The quantitative estimate of drug-likeness (QED) is 0.492. The summed E-state index contributed by atoms with van der Waals surface area (Å²) in [5.41, 5.74) is -0.429. The SMILES string of the molecule is CCCCCCC(Oc1ccc(C#N)c(C(F)(F)F)c1)c1ccccc1. The number of unbranched alkanes of at least 4 members (excludes halogenated alkanes) is 3. The molecule has 2 aromatic rings. The molecule has 0 aliphatic rings. The number of halogens is 3. The van der Waals surface area contributed by atoms with E-state index in [2.05, 4.69) is 6.92 Å². The maximum Gasteiger partial charge on any atom is 0.417 e. The summed E-state index contributed by atoms with van der Waals surface area (Å²) in [4.78, 5) is 0. The van der Waals surface area contributed by atoms with E-state index in [9.17, 15) is 13.2 Å². The molecule has 0 saturated carbocycles. The van der Waals surface area contributed by atoms with Crippen LogP contribution in [0.1, 0.15) is 61.8 Å². The third-order valence-corrected chi connectivity index (χ3v) is 4.19. The Morgan fingerprint density at radius 1 is 1.04 bits per heavy atom. The summed E-state index contributed by atoms with van der Waals surface area (Å²) in [7, 11) is 0. The minimum atomic E-state index is -4.59. The van der Waals surface area contributed by atoms with Gasteiger partial charge in [-0.1, -0.05) is 56.5 Å². The smallest absolute Gasteiger partial charge is 0.417 e. The van der Waals surface area contributed by atoms with Gasteiger partial charge < -0.3 is 4.74 Å². The summed E-state index contributed by atoms with van der Waals surface area (Å²) in [6.45, 7) is 2.13. The predicted octanol–water partition coefficient (Wildman–Crippen LogP) is 6.67. The van der Waals surface area contributed by atoms with Gasteiger partial charge in [0.25, 0.3) is 0 Å². The first-order valence-corrected chi connectivity index (χ1v) is 8.78. The van der Waals surface area contributed by atoms with Gasteiger partial charge in [-0.2, -0.15) is 18.4 Å². The Labute approximate surface area is 152 Å². The second-order valence-corrected chi connectivity index (χ2v) is 6.18. The average Bonchev–Trinajstić information content (AvgIpc) is 2.64. The van der Waals surface area contributed by atoms with Gasteiger partial charge >= 0.3 is 6.18 Å². The van der Waals surface area contributed by atoms with Crippen molar-refractivity contribution < 1.29 is 17.9 Å². The van der Waals surface area contributed by atoms with Gasteiger partial charge in [-0.05, 0) is 36.6 Å². The molecule has 0 fully saturated rings. The monoisotopic (exact) mass is 361 g/mol. The molecule has 0 aliphatic heterocycles. The first-order valence-electron chi connectivity index (χ1n) is 8.78. The molecule has 26 heavy (non-hydrogen) atoms. The van der Waals surface area contributed by atoms with Crippen LogP contribution in [0.25, 0.3) is 0 Å². The van der Waals surface area contributed by atoms with E-state index in [0.29, 0.717) is 0 Å². The van der Waals surface area contributed by atoms with Gasteiger partial charge in [0.1, 0.15) is 11.9 Å². The number of hydrogen-bond donors (Lipinski definition) is 0. The van der Waals surface area contributed by atoms with Crippen molar-refractivity contribution >= 4 is 0 Å². The maximum absolute atomic E-state index is 13.2. The Morgan fingerprint density at radius 3 is 2.38 bits per heavy atom. The summed E-state index contributed by atoms with van der Waals surface area (Å²) in [6, 6.07) is 14.6. The standard InChI is InChI=1S/C21H22F3NO/c1-2-3-4-8-11-20(16-9-6-5-7-10-16)26-18-13-12-17(15-25)19(14-18)21(22,23)24/h5-7,9-10,12-14,20H,2-4,8,11H2,1H3. The van der Waals surface area contributed by atoms with Crippen molar-refractivity contribution in [3.8, 4) is 11.8 Å². The molecule has 5 heteroatoms. The molecule has 0 amide bonds. The van der Waals surface area contributed by atoms with Gasteiger partial charge in [0.05, 0.1) is 17.2 Å². The number of benzene rings is 2. The first kappa shape index (κ1) is 19.8. The molecule has 1 unspecified atom stereocenters. The van der Waals surface area contributed by atoms with Crippen molar-refractivity contribution in [2.24, 2.45) is 0 Å². The van der Waals surface area contributed by atoms with E-state index < -0.39 is 17.3 Å². The zero-order chi connectivity index (χ0) is 19.0. The number of nitriles is 1. The van der Waals surface area contributed by atoms with E-state index in [1.807, 2.05) is 30.3 Å². The van der Waals surface area contributed by atoms with Crippen LogP contribution in [0.3, 0.4) is 0 Å². The number of ether oxygens (including phenoxy) is 1. The predicted molar refractivity (Wildman–Crippen MR) is 94.7 cm³/mol. The number of rotatable bonds is 8. The highest BCUT2D eigenvalue weighted by molar-refractivity contribution is 5.44. The topological polar surface area (TPSA) is 33.0 Å². The summed E-state index contributed by atoms with van der Waals surface area (Å²) >= 11 is 0. The van der Waals surface area contributed by atoms with Gasteiger partial charge in [0.15, 0.2) is 0 Å². The van der Waals surface area contributed by atoms with Gasteiger partial charge in [0.2, 0.25) is 0 Å². The summed E-state index contributed by atoms with van der Waals surface area (Å²) in [5, 5.41) is 8.91. The van der Waals surface area contributed by atoms with Crippen molar-refractivity contribution in [2.45, 2.75) is 51.3 Å². The van der Waals surface area contributed by atoms with Crippen LogP contribution in [-0.2, 0) is 6.18 Å². The molecule has 2 rings (SSSR count). The normalized spacial score (nSPS) is 12.4. The highest BCUT2D eigenvalue weighted by Gasteiger charge is 2.34. The van der Waals surface area contributed by atoms with Gasteiger partial charge in [-0.15, -0.1) is 0 Å². The summed E-state index contributed by atoms with van der Waals surface area (Å²) in [5.74, 6) is 0.126. The van der Waals surface area contributed by atoms with E-state index in [-0.39, 0.29) is 11.9 Å². The molecule has 0 N–H and O–H groups in total. The first-order chi connectivity index (χ1) is 12.5. The lowest BCUT2D eigenvalue weighted by atomic mass is 10.0. The molecule has 1 atom stereocenters. The van der Waals surface area contributed by atoms with E-state index in [1.54, 1.807) is 6.07 Å². The van der Waals surface area contributed by atoms with Crippen LogP contribution in [0.15, 0.2) is 48.5 Å². The zero-order valence-electron chi connectivity index (χ0n) is 14.7. The third-order valence-electron chi connectivity index (χ3n) is 4.19. The number of hydrogen-bond acceptors (Lipinski definition) is 2. The van der Waals surface area contributed by atoms with Crippen molar-refractivity contribution in [3.05, 3.63) is 65.2 Å². The van der Waals surface area contributed by atoms with Crippen LogP contribution in [0, 0.1) is 11.3 Å². The van der Waals surface area contributed by atoms with Crippen LogP contribution in [0.2, 0.25) is 0 Å². The molecular formula is C21H22F3NO. The zero-order valence-corrected chi connectivity index (χ0v) is 14.7. The number of nitrogens with zero attached hydrogens (tertiary/aromatic N) is 1. The van der Waals surface area contributed by atoms with Crippen LogP contribution in [0.4, 0.5) is 13.2 Å². The third kappa shape index (κ3) is 5.52. The summed E-state index contributed by atoms with van der Waals surface area (Å²) in [6.07, 6.45) is 0.0549. The Morgan fingerprint density at radius 2 is 1.77 bits per heavy atom. The van der Waals surface area contributed by atoms with Crippen molar-refractivity contribution in [1.29, 1.82) is 5.26 Å². The Hall–Kier alpha value is -2.48. The van der Waals surface area contributed by atoms with Crippen LogP contribution in [0.5, 0.6) is 5.75 Å². The Balaban J connectivity index is 2.23. The Kier molecular flexibility index (Phi) is 7.08. The van der Waals surface area contributed by atoms with Gasteiger partial charge in [-0.3, -0.25) is 0 Å². The maximum atomic E-state index is 13.2. The van der Waals surface area contributed by atoms with E-state index in [1.165, 1.54) is 6.07 Å². The molecule has 138 valence electrons. The van der Waals surface area contributed by atoms with Crippen molar-refractivity contribution in [3.63, 3.8) is 0 Å². The molecule has 0 saturated heterocycles. The lowest BCUT2D eigenvalue weighted by Gasteiger charge is -2.21. The minimum Gasteiger partial charge on any atom is -0.486 e. The fraction of sp³-hybridized carbons (Fsp3) is 0.381. The van der Waals surface area contributed by atoms with Gasteiger partial charge in [-0.25, -0.2) is 0 Å². The lowest BCUT2D eigenvalue weighted by Crippen LogP contribution is -2.11. The molecule has 0 radical (unpaired) electrons. The second kappa shape index (κ2) is 9.28. The molecule has 2 nitrogen and oxygen atoms in total. The number of alkyl halides is 3. The minimum absolute atomic E-state index is 0.126. The average molecular weight is 361 g/mol. The fourth-order valence-electron chi connectivity index (χ4n) is 2.81. The second-order valence-electron chi connectivity index (χ2n) is 6.18. The van der Waals surface area contributed by atoms with Gasteiger partial charge in [0, 0.05) is 0 Å². The lowest BCUT2D eigenvalue weighted by molar-refractivity contribution is -0.137. The highest BCUT2D eigenvalue weighted by atomic mass is 19.4. The van der Waals surface area contributed by atoms with E-state index in [0.717, 1.165) is 49.8 Å². The fourth-order valence-corrected chi connectivity index (χ4v) is 2.81. The van der Waals surface area contributed by atoms with Crippen molar-refractivity contribution in [2.75, 3.05) is 0 Å². The molecule has 0 heterocycles. The molecule has 0 bridgehead atoms. The van der Waals surface area contributed by atoms with Crippen LogP contribution in [-0.4, -0.2) is 0 Å². The molecule has 0 spiro atoms. The largest absolute Gasteiger partial charge is 0.486 e.